The van der Waals surface area contributed by atoms with Crippen molar-refractivity contribution in [1.82, 2.24) is 14.9 Å². The molecule has 0 radical (unpaired) electrons. The molecule has 6 nitrogen and oxygen atoms in total. The molecule has 4 heterocycles. The summed E-state index contributed by atoms with van der Waals surface area (Å²) in [4.78, 5) is 30.9. The first-order valence-corrected chi connectivity index (χ1v) is 11.4. The summed E-state index contributed by atoms with van der Waals surface area (Å²) in [5.74, 6) is 1.73. The van der Waals surface area contributed by atoms with Gasteiger partial charge in [0.25, 0.3) is 5.91 Å². The summed E-state index contributed by atoms with van der Waals surface area (Å²) in [6.07, 6.45) is 7.69. The van der Waals surface area contributed by atoms with E-state index in [4.69, 9.17) is 0 Å². The second kappa shape index (κ2) is 8.69. The fourth-order valence-electron chi connectivity index (χ4n) is 4.99. The van der Waals surface area contributed by atoms with Crippen molar-refractivity contribution in [3.63, 3.8) is 0 Å². The second-order valence-electron chi connectivity index (χ2n) is 9.02. The molecule has 5 rings (SSSR count). The van der Waals surface area contributed by atoms with Crippen LogP contribution in [0.5, 0.6) is 0 Å². The molecule has 2 saturated heterocycles. The van der Waals surface area contributed by atoms with Gasteiger partial charge in [-0.15, -0.1) is 0 Å². The van der Waals surface area contributed by atoms with E-state index in [-0.39, 0.29) is 11.8 Å². The van der Waals surface area contributed by atoms with Gasteiger partial charge in [-0.3, -0.25) is 14.8 Å². The zero-order valence-electron chi connectivity index (χ0n) is 18.7. The summed E-state index contributed by atoms with van der Waals surface area (Å²) in [5, 5.41) is 1.15. The summed E-state index contributed by atoms with van der Waals surface area (Å²) in [6.45, 7) is 5.83. The van der Waals surface area contributed by atoms with Gasteiger partial charge in [0.05, 0.1) is 11.1 Å². The normalized spacial score (nSPS) is 21.2. The van der Waals surface area contributed by atoms with E-state index in [0.29, 0.717) is 18.0 Å². The average Bonchev–Trinajstić information content (AvgIpc) is 2.78. The van der Waals surface area contributed by atoms with Crippen LogP contribution in [-0.2, 0) is 0 Å². The minimum atomic E-state index is 0.0707. The lowest BCUT2D eigenvalue weighted by molar-refractivity contribution is 0.0658. The number of piperidine rings is 1. The van der Waals surface area contributed by atoms with Gasteiger partial charge in [-0.1, -0.05) is 25.1 Å². The van der Waals surface area contributed by atoms with Gasteiger partial charge in [0.15, 0.2) is 0 Å². The molecule has 1 aromatic carbocycles. The quantitative estimate of drug-likeness (QED) is 0.587. The number of likely N-dealkylation sites (tertiary alicyclic amines) is 1. The van der Waals surface area contributed by atoms with Crippen molar-refractivity contribution in [2.24, 2.45) is 10.9 Å². The van der Waals surface area contributed by atoms with Crippen LogP contribution < -0.4 is 4.90 Å². The molecule has 2 aromatic heterocycles. The lowest BCUT2D eigenvalue weighted by atomic mass is 9.83. The molecule has 2 atom stereocenters. The van der Waals surface area contributed by atoms with Crippen molar-refractivity contribution in [2.75, 3.05) is 38.1 Å². The monoisotopic (exact) mass is 427 g/mol. The third-order valence-corrected chi connectivity index (χ3v) is 6.66. The Labute approximate surface area is 189 Å². The fourth-order valence-corrected chi connectivity index (χ4v) is 4.99. The number of anilines is 1. The SMILES string of the molecule is C/N=C/c1ccc([C@H]2C[C@@H](C)CN(C(=O)c3ccc(N4CCC4)nc3)C2)c2cccnc12. The Morgan fingerprint density at radius 3 is 2.72 bits per heavy atom. The number of nitrogens with zero attached hydrogens (tertiary/aromatic N) is 5. The Hall–Kier alpha value is -3.28. The van der Waals surface area contributed by atoms with Crippen LogP contribution in [-0.4, -0.2) is 60.2 Å². The van der Waals surface area contributed by atoms with Crippen LogP contribution in [0.2, 0.25) is 0 Å². The fraction of sp³-hybridized carbons (Fsp3) is 0.385. The van der Waals surface area contributed by atoms with Crippen LogP contribution in [0.15, 0.2) is 53.8 Å². The predicted molar refractivity (Wildman–Crippen MR) is 129 cm³/mol. The van der Waals surface area contributed by atoms with Gasteiger partial charge < -0.3 is 9.80 Å². The van der Waals surface area contributed by atoms with Gasteiger partial charge in [-0.25, -0.2) is 4.98 Å². The number of carbonyl (C=O) groups excluding carboxylic acids is 1. The zero-order valence-corrected chi connectivity index (χ0v) is 18.7. The molecule has 0 bridgehead atoms. The van der Waals surface area contributed by atoms with Crippen LogP contribution in [0.3, 0.4) is 0 Å². The molecule has 0 unspecified atom stereocenters. The lowest BCUT2D eigenvalue weighted by Crippen LogP contribution is -2.42. The van der Waals surface area contributed by atoms with E-state index >= 15 is 0 Å². The van der Waals surface area contributed by atoms with E-state index in [9.17, 15) is 4.79 Å². The number of rotatable bonds is 4. The van der Waals surface area contributed by atoms with Crippen LogP contribution in [0.25, 0.3) is 10.9 Å². The minimum Gasteiger partial charge on any atom is -0.356 e. The molecular weight excluding hydrogens is 398 g/mol. The number of hydrogen-bond donors (Lipinski definition) is 0. The molecule has 0 aliphatic carbocycles. The van der Waals surface area contributed by atoms with Crippen molar-refractivity contribution >= 4 is 28.8 Å². The topological polar surface area (TPSA) is 61.7 Å². The minimum absolute atomic E-state index is 0.0707. The van der Waals surface area contributed by atoms with Crippen LogP contribution in [0, 0.1) is 5.92 Å². The van der Waals surface area contributed by atoms with Crippen molar-refractivity contribution in [2.45, 2.75) is 25.7 Å². The summed E-state index contributed by atoms with van der Waals surface area (Å²) < 4.78 is 0. The summed E-state index contributed by atoms with van der Waals surface area (Å²) >= 11 is 0. The number of hydrogen-bond acceptors (Lipinski definition) is 5. The number of benzene rings is 1. The Morgan fingerprint density at radius 2 is 2.00 bits per heavy atom. The highest BCUT2D eigenvalue weighted by Crippen LogP contribution is 2.35. The van der Waals surface area contributed by atoms with Crippen LogP contribution >= 0.6 is 0 Å². The molecule has 2 aliphatic rings. The smallest absolute Gasteiger partial charge is 0.255 e. The summed E-state index contributed by atoms with van der Waals surface area (Å²) in [6, 6.07) is 12.3. The molecule has 0 spiro atoms. The van der Waals surface area contributed by atoms with Gasteiger partial charge >= 0.3 is 0 Å². The third-order valence-electron chi connectivity index (χ3n) is 6.66. The number of aliphatic imine (C=N–C) groups is 1. The van der Waals surface area contributed by atoms with Gasteiger partial charge in [0, 0.05) is 68.7 Å². The maximum atomic E-state index is 13.3. The number of fused-ring (bicyclic) bond motifs is 1. The van der Waals surface area contributed by atoms with E-state index < -0.39 is 0 Å². The molecule has 3 aromatic rings. The second-order valence-corrected chi connectivity index (χ2v) is 9.02. The van der Waals surface area contributed by atoms with Gasteiger partial charge in [-0.05, 0) is 42.5 Å². The Morgan fingerprint density at radius 1 is 1.12 bits per heavy atom. The first-order valence-electron chi connectivity index (χ1n) is 11.4. The van der Waals surface area contributed by atoms with E-state index in [1.807, 2.05) is 35.5 Å². The summed E-state index contributed by atoms with van der Waals surface area (Å²) in [5.41, 5.74) is 3.93. The third kappa shape index (κ3) is 3.85. The van der Waals surface area contributed by atoms with Crippen molar-refractivity contribution < 1.29 is 4.79 Å². The summed E-state index contributed by atoms with van der Waals surface area (Å²) in [7, 11) is 1.78. The Balaban J connectivity index is 1.41. The van der Waals surface area contributed by atoms with Crippen molar-refractivity contribution in [3.8, 4) is 0 Å². The molecule has 2 aliphatic heterocycles. The first kappa shape index (κ1) is 20.6. The Bertz CT molecular complexity index is 1150. The average molecular weight is 428 g/mol. The zero-order chi connectivity index (χ0) is 22.1. The predicted octanol–water partition coefficient (Wildman–Crippen LogP) is 4.15. The number of pyridine rings is 2. The number of amides is 1. The van der Waals surface area contributed by atoms with Crippen LogP contribution in [0.1, 0.15) is 47.2 Å². The van der Waals surface area contributed by atoms with Crippen LogP contribution in [0.4, 0.5) is 5.82 Å². The van der Waals surface area contributed by atoms with E-state index in [2.05, 4.69) is 45.0 Å². The van der Waals surface area contributed by atoms with Crippen molar-refractivity contribution in [1.29, 1.82) is 0 Å². The Kier molecular flexibility index (Phi) is 5.60. The maximum Gasteiger partial charge on any atom is 0.255 e. The molecule has 0 N–H and O–H groups in total. The molecule has 6 heteroatoms. The maximum absolute atomic E-state index is 13.3. The highest BCUT2D eigenvalue weighted by atomic mass is 16.2. The van der Waals surface area contributed by atoms with Gasteiger partial charge in [-0.2, -0.15) is 0 Å². The highest BCUT2D eigenvalue weighted by Gasteiger charge is 2.30. The molecule has 1 amide bonds. The molecular formula is C26H29N5O. The first-order chi connectivity index (χ1) is 15.6. The molecule has 164 valence electrons. The van der Waals surface area contributed by atoms with E-state index in [0.717, 1.165) is 48.3 Å². The van der Waals surface area contributed by atoms with Gasteiger partial charge in [0.2, 0.25) is 0 Å². The largest absolute Gasteiger partial charge is 0.356 e. The molecule has 2 fully saturated rings. The number of aromatic nitrogens is 2. The highest BCUT2D eigenvalue weighted by molar-refractivity contribution is 5.99. The van der Waals surface area contributed by atoms with E-state index in [1.165, 1.54) is 12.0 Å². The lowest BCUT2D eigenvalue weighted by Gasteiger charge is -2.37. The van der Waals surface area contributed by atoms with E-state index in [1.54, 1.807) is 13.2 Å². The standard InChI is InChI=1S/C26H29N5O/c1-18-13-21(22-8-6-19(14-27-2)25-23(22)5-3-10-28-25)17-31(16-18)26(32)20-7-9-24(29-15-20)30-11-4-12-30/h3,5-10,14-15,18,21H,4,11-13,16-17H2,1-2H3/b27-14+/t18-,21+/m1/s1. The molecule has 32 heavy (non-hydrogen) atoms. The van der Waals surface area contributed by atoms with Gasteiger partial charge in [0.1, 0.15) is 5.82 Å². The number of carbonyl (C=O) groups is 1. The van der Waals surface area contributed by atoms with Crippen molar-refractivity contribution in [3.05, 3.63) is 65.5 Å². The molecule has 0 saturated carbocycles.